The lowest BCUT2D eigenvalue weighted by Crippen LogP contribution is -2.51. The summed E-state index contributed by atoms with van der Waals surface area (Å²) in [7, 11) is 1.32. The predicted molar refractivity (Wildman–Crippen MR) is 105 cm³/mol. The van der Waals surface area contributed by atoms with Crippen LogP contribution in [0.5, 0.6) is 0 Å². The average Bonchev–Trinajstić information content (AvgIpc) is 2.68. The maximum absolute atomic E-state index is 12.4. The van der Waals surface area contributed by atoms with Crippen LogP contribution in [0, 0.1) is 5.92 Å². The topological polar surface area (TPSA) is 105 Å². The highest BCUT2D eigenvalue weighted by molar-refractivity contribution is 7.95. The summed E-state index contributed by atoms with van der Waals surface area (Å²) in [5, 5.41) is -0.0845. The van der Waals surface area contributed by atoms with E-state index < -0.39 is 23.4 Å². The number of ether oxygens (including phenoxy) is 1. The molecule has 0 bridgehead atoms. The molecule has 0 saturated heterocycles. The van der Waals surface area contributed by atoms with Crippen LogP contribution in [-0.4, -0.2) is 37.9 Å². The van der Waals surface area contributed by atoms with E-state index in [2.05, 4.69) is 14.2 Å². The monoisotopic (exact) mass is 469 g/mol. The standard InChI is InChI=1S/C18H26F3N3O6S/c1-10-9-11(24-16(26)22-15(25)23(2)17(24)27)3-8-14(10)28-12-4-6-13(7-5-12)31-30-29-18(19,20)21/h10-14H,3-9H2,1-2H3,(H,22,25,26). The molecule has 2 fully saturated rings. The van der Waals surface area contributed by atoms with Crippen molar-refractivity contribution in [1.82, 2.24) is 14.1 Å². The third kappa shape index (κ3) is 6.24. The molecule has 3 unspecified atom stereocenters. The van der Waals surface area contributed by atoms with Crippen molar-refractivity contribution >= 4 is 12.0 Å². The van der Waals surface area contributed by atoms with Crippen molar-refractivity contribution in [3.63, 3.8) is 0 Å². The van der Waals surface area contributed by atoms with Crippen LogP contribution < -0.4 is 17.1 Å². The van der Waals surface area contributed by atoms with Gasteiger partial charge in [0.1, 0.15) is 0 Å². The molecule has 0 spiro atoms. The number of nitrogens with one attached hydrogen (secondary N) is 1. The molecule has 31 heavy (non-hydrogen) atoms. The Morgan fingerprint density at radius 2 is 1.71 bits per heavy atom. The number of nitrogens with zero attached hydrogens (tertiary/aromatic N) is 2. The molecule has 1 aromatic rings. The molecule has 1 heterocycles. The molecule has 2 saturated carbocycles. The van der Waals surface area contributed by atoms with Gasteiger partial charge in [-0.1, -0.05) is 6.92 Å². The molecule has 1 N–H and O–H groups in total. The molecule has 3 atom stereocenters. The molecule has 3 rings (SSSR count). The Labute approximate surface area is 180 Å². The van der Waals surface area contributed by atoms with Crippen molar-refractivity contribution in [1.29, 1.82) is 0 Å². The first-order chi connectivity index (χ1) is 14.5. The van der Waals surface area contributed by atoms with E-state index in [1.165, 1.54) is 7.05 Å². The summed E-state index contributed by atoms with van der Waals surface area (Å²) in [6, 6.07) is -0.309. The molecule has 176 valence electrons. The summed E-state index contributed by atoms with van der Waals surface area (Å²) >= 11 is 0.689. The van der Waals surface area contributed by atoms with Gasteiger partial charge in [-0.05, 0) is 50.9 Å². The zero-order valence-electron chi connectivity index (χ0n) is 17.2. The van der Waals surface area contributed by atoms with Crippen LogP contribution in [0.4, 0.5) is 13.2 Å². The second-order valence-electron chi connectivity index (χ2n) is 8.16. The third-order valence-corrected chi connectivity index (χ3v) is 6.84. The summed E-state index contributed by atoms with van der Waals surface area (Å²) in [5.74, 6) is 0.0953. The molecule has 13 heteroatoms. The molecule has 0 aromatic carbocycles. The minimum atomic E-state index is -4.81. The number of hydrogen-bond donors (Lipinski definition) is 1. The summed E-state index contributed by atoms with van der Waals surface area (Å²) in [6.45, 7) is 2.00. The van der Waals surface area contributed by atoms with Gasteiger partial charge in [0, 0.05) is 30.4 Å². The van der Waals surface area contributed by atoms with Crippen molar-refractivity contribution in [3.05, 3.63) is 31.5 Å². The summed E-state index contributed by atoms with van der Waals surface area (Å²) in [5.41, 5.74) is -2.06. The van der Waals surface area contributed by atoms with Gasteiger partial charge in [-0.25, -0.2) is 23.5 Å². The first kappa shape index (κ1) is 24.1. The van der Waals surface area contributed by atoms with Crippen LogP contribution in [0.25, 0.3) is 0 Å². The van der Waals surface area contributed by atoms with Gasteiger partial charge in [-0.2, -0.15) is 4.33 Å². The van der Waals surface area contributed by atoms with Crippen LogP contribution in [-0.2, 0) is 21.0 Å². The Bertz CT molecular complexity index is 922. The van der Waals surface area contributed by atoms with Crippen molar-refractivity contribution in [2.24, 2.45) is 13.0 Å². The van der Waals surface area contributed by atoms with Gasteiger partial charge in [-0.15, -0.1) is 18.1 Å². The molecular weight excluding hydrogens is 443 g/mol. The lowest BCUT2D eigenvalue weighted by molar-refractivity contribution is -0.440. The molecule has 9 nitrogen and oxygen atoms in total. The fourth-order valence-electron chi connectivity index (χ4n) is 4.30. The number of halogens is 3. The number of rotatable bonds is 6. The smallest absolute Gasteiger partial charge is 0.375 e. The Hall–Kier alpha value is -1.57. The van der Waals surface area contributed by atoms with Crippen LogP contribution in [0.2, 0.25) is 0 Å². The van der Waals surface area contributed by atoms with Gasteiger partial charge in [0.05, 0.1) is 12.2 Å². The van der Waals surface area contributed by atoms with E-state index in [1.54, 1.807) is 0 Å². The third-order valence-electron chi connectivity index (χ3n) is 5.95. The van der Waals surface area contributed by atoms with E-state index in [0.29, 0.717) is 57.0 Å². The minimum absolute atomic E-state index is 0.00746. The number of H-pyrrole nitrogens is 1. The van der Waals surface area contributed by atoms with Gasteiger partial charge in [-0.3, -0.25) is 4.98 Å². The lowest BCUT2D eigenvalue weighted by Gasteiger charge is -2.38. The first-order valence-electron chi connectivity index (χ1n) is 10.2. The molecule has 0 amide bonds. The van der Waals surface area contributed by atoms with Crippen LogP contribution in [0.1, 0.15) is 57.9 Å². The van der Waals surface area contributed by atoms with E-state index in [9.17, 15) is 27.6 Å². The summed E-state index contributed by atoms with van der Waals surface area (Å²) < 4.78 is 48.3. The van der Waals surface area contributed by atoms with Crippen LogP contribution in [0.3, 0.4) is 0 Å². The molecule has 2 aliphatic rings. The number of aromatic amines is 1. The van der Waals surface area contributed by atoms with Crippen molar-refractivity contribution in [3.8, 4) is 0 Å². The quantitative estimate of drug-likeness (QED) is 0.388. The zero-order chi connectivity index (χ0) is 22.8. The maximum Gasteiger partial charge on any atom is 0.550 e. The Morgan fingerprint density at radius 1 is 1.03 bits per heavy atom. The highest BCUT2D eigenvalue weighted by Crippen LogP contribution is 2.37. The minimum Gasteiger partial charge on any atom is -0.375 e. The molecular formula is C18H26F3N3O6S. The molecule has 0 radical (unpaired) electrons. The van der Waals surface area contributed by atoms with Crippen molar-refractivity contribution in [2.75, 3.05) is 0 Å². The molecule has 0 aliphatic heterocycles. The van der Waals surface area contributed by atoms with Gasteiger partial charge >= 0.3 is 23.4 Å². The predicted octanol–water partition coefficient (Wildman–Crippen LogP) is 2.41. The number of hydrogen-bond acceptors (Lipinski definition) is 7. The fraction of sp³-hybridized carbons (Fsp3) is 0.833. The lowest BCUT2D eigenvalue weighted by atomic mass is 9.84. The SMILES string of the molecule is CC1CC(n2c(=O)[nH]c(=O)n(C)c2=O)CCC1OC1CCC(SOOC(F)(F)F)CC1. The van der Waals surface area contributed by atoms with E-state index in [-0.39, 0.29) is 29.4 Å². The van der Waals surface area contributed by atoms with Gasteiger partial charge in [0.15, 0.2) is 0 Å². The average molecular weight is 469 g/mol. The van der Waals surface area contributed by atoms with Gasteiger partial charge < -0.3 is 4.74 Å². The number of alkyl halides is 3. The van der Waals surface area contributed by atoms with Crippen LogP contribution in [0.15, 0.2) is 14.4 Å². The van der Waals surface area contributed by atoms with E-state index in [4.69, 9.17) is 4.74 Å². The maximum atomic E-state index is 12.4. The van der Waals surface area contributed by atoms with E-state index >= 15 is 0 Å². The molecule has 2 aliphatic carbocycles. The van der Waals surface area contributed by atoms with Gasteiger partial charge in [0.2, 0.25) is 0 Å². The Kier molecular flexibility index (Phi) is 7.71. The second kappa shape index (κ2) is 9.92. The first-order valence-corrected chi connectivity index (χ1v) is 11.0. The number of aromatic nitrogens is 3. The highest BCUT2D eigenvalue weighted by Gasteiger charge is 2.35. The van der Waals surface area contributed by atoms with Gasteiger partial charge in [0.25, 0.3) is 0 Å². The van der Waals surface area contributed by atoms with E-state index in [1.807, 2.05) is 6.92 Å². The summed E-state index contributed by atoms with van der Waals surface area (Å²) in [4.78, 5) is 41.6. The van der Waals surface area contributed by atoms with Crippen LogP contribution >= 0.6 is 12.0 Å². The highest BCUT2D eigenvalue weighted by atomic mass is 32.2. The Balaban J connectivity index is 1.49. The largest absolute Gasteiger partial charge is 0.550 e. The van der Waals surface area contributed by atoms with E-state index in [0.717, 1.165) is 9.13 Å². The summed E-state index contributed by atoms with van der Waals surface area (Å²) in [6.07, 6.45) is -0.301. The normalized spacial score (nSPS) is 29.8. The zero-order valence-corrected chi connectivity index (χ0v) is 18.0. The van der Waals surface area contributed by atoms with Crippen molar-refractivity contribution in [2.45, 2.75) is 81.7 Å². The molecule has 1 aromatic heterocycles. The van der Waals surface area contributed by atoms with Crippen molar-refractivity contribution < 1.29 is 27.1 Å². The fourth-order valence-corrected chi connectivity index (χ4v) is 4.99. The second-order valence-corrected chi connectivity index (χ2v) is 9.15. The Morgan fingerprint density at radius 3 is 2.32 bits per heavy atom.